The Hall–Kier alpha value is -1.91. The maximum Gasteiger partial charge on any atom is 0.203 e. The first-order valence-electron chi connectivity index (χ1n) is 5.59. The van der Waals surface area contributed by atoms with Gasteiger partial charge in [0.05, 0.1) is 21.3 Å². The molecule has 0 aromatic heterocycles. The number of carbonyl (C=O) groups excluding carboxylic acids is 1. The van der Waals surface area contributed by atoms with E-state index in [-0.39, 0.29) is 0 Å². The molecule has 5 nitrogen and oxygen atoms in total. The van der Waals surface area contributed by atoms with Crippen LogP contribution in [-0.2, 0) is 4.79 Å². The first-order valence-corrected chi connectivity index (χ1v) is 5.59. The summed E-state index contributed by atoms with van der Waals surface area (Å²) in [4.78, 5) is 11.1. The number of aliphatic carboxylic acids is 1. The SMILES string of the molecule is CC[C@@H](C(=O)[O-])c1cc(OC)c(OC)c(OC)c1. The molecule has 0 spiro atoms. The molecule has 0 aliphatic carbocycles. The highest BCUT2D eigenvalue weighted by atomic mass is 16.5. The van der Waals surface area contributed by atoms with E-state index in [2.05, 4.69) is 0 Å². The predicted molar refractivity (Wildman–Crippen MR) is 64.1 cm³/mol. The van der Waals surface area contributed by atoms with Crippen molar-refractivity contribution in [3.63, 3.8) is 0 Å². The molecule has 0 N–H and O–H groups in total. The number of benzene rings is 1. The number of hydrogen-bond donors (Lipinski definition) is 0. The van der Waals surface area contributed by atoms with E-state index in [0.29, 0.717) is 29.2 Å². The molecule has 0 unspecified atom stereocenters. The van der Waals surface area contributed by atoms with Crippen molar-refractivity contribution in [2.75, 3.05) is 21.3 Å². The zero-order valence-corrected chi connectivity index (χ0v) is 11.0. The van der Waals surface area contributed by atoms with Crippen molar-refractivity contribution in [2.45, 2.75) is 19.3 Å². The summed E-state index contributed by atoms with van der Waals surface area (Å²) in [7, 11) is 4.47. The largest absolute Gasteiger partial charge is 0.549 e. The van der Waals surface area contributed by atoms with Gasteiger partial charge in [0.1, 0.15) is 0 Å². The van der Waals surface area contributed by atoms with Gasteiger partial charge in [-0.05, 0) is 24.1 Å². The summed E-state index contributed by atoms with van der Waals surface area (Å²) in [5.41, 5.74) is 0.576. The van der Waals surface area contributed by atoms with Crippen LogP contribution in [-0.4, -0.2) is 27.3 Å². The van der Waals surface area contributed by atoms with E-state index in [1.54, 1.807) is 19.1 Å². The summed E-state index contributed by atoms with van der Waals surface area (Å²) >= 11 is 0. The molecule has 0 amide bonds. The Bertz CT molecular complexity index is 402. The molecule has 5 heteroatoms. The Morgan fingerprint density at radius 1 is 1.17 bits per heavy atom. The minimum Gasteiger partial charge on any atom is -0.549 e. The predicted octanol–water partition coefficient (Wildman–Crippen LogP) is 0.956. The van der Waals surface area contributed by atoms with E-state index in [1.165, 1.54) is 21.3 Å². The van der Waals surface area contributed by atoms with Gasteiger partial charge in [-0.3, -0.25) is 0 Å². The second-order valence-electron chi connectivity index (χ2n) is 3.74. The van der Waals surface area contributed by atoms with Gasteiger partial charge in [0.25, 0.3) is 0 Å². The molecule has 0 fully saturated rings. The maximum atomic E-state index is 11.1. The van der Waals surface area contributed by atoms with Crippen molar-refractivity contribution in [2.24, 2.45) is 0 Å². The standard InChI is InChI=1S/C13H18O5/c1-5-9(13(14)15)8-6-10(16-2)12(18-4)11(7-8)17-3/h6-7,9H,5H2,1-4H3,(H,14,15)/p-1/t9-/m1/s1. The lowest BCUT2D eigenvalue weighted by atomic mass is 9.96. The topological polar surface area (TPSA) is 67.8 Å². The van der Waals surface area contributed by atoms with Crippen molar-refractivity contribution < 1.29 is 24.1 Å². The van der Waals surface area contributed by atoms with Gasteiger partial charge in [0.15, 0.2) is 11.5 Å². The Morgan fingerprint density at radius 2 is 1.67 bits per heavy atom. The van der Waals surface area contributed by atoms with Crippen LogP contribution >= 0.6 is 0 Å². The highest BCUT2D eigenvalue weighted by molar-refractivity contribution is 5.75. The van der Waals surface area contributed by atoms with Crippen molar-refractivity contribution in [3.8, 4) is 17.2 Å². The molecule has 1 atom stereocenters. The average Bonchev–Trinajstić information content (AvgIpc) is 2.37. The normalized spacial score (nSPS) is 11.8. The third-order valence-corrected chi connectivity index (χ3v) is 2.78. The van der Waals surface area contributed by atoms with Crippen LogP contribution in [0.3, 0.4) is 0 Å². The molecular formula is C13H17O5-. The van der Waals surface area contributed by atoms with E-state index >= 15 is 0 Å². The van der Waals surface area contributed by atoms with E-state index in [0.717, 1.165) is 0 Å². The van der Waals surface area contributed by atoms with Gasteiger partial charge in [-0.25, -0.2) is 0 Å². The lowest BCUT2D eigenvalue weighted by Crippen LogP contribution is -2.29. The monoisotopic (exact) mass is 253 g/mol. The van der Waals surface area contributed by atoms with Gasteiger partial charge >= 0.3 is 0 Å². The second kappa shape index (κ2) is 6.14. The lowest BCUT2D eigenvalue weighted by Gasteiger charge is -2.20. The van der Waals surface area contributed by atoms with Crippen LogP contribution in [0.1, 0.15) is 24.8 Å². The molecule has 0 aliphatic rings. The Labute approximate surface area is 106 Å². The van der Waals surface area contributed by atoms with Crippen LogP contribution in [0.5, 0.6) is 17.2 Å². The van der Waals surface area contributed by atoms with Gasteiger partial charge in [-0.1, -0.05) is 6.92 Å². The van der Waals surface area contributed by atoms with E-state index in [4.69, 9.17) is 14.2 Å². The molecule has 18 heavy (non-hydrogen) atoms. The quantitative estimate of drug-likeness (QED) is 0.755. The van der Waals surface area contributed by atoms with Crippen molar-refractivity contribution in [1.82, 2.24) is 0 Å². The highest BCUT2D eigenvalue weighted by Crippen LogP contribution is 2.40. The highest BCUT2D eigenvalue weighted by Gasteiger charge is 2.18. The summed E-state index contributed by atoms with van der Waals surface area (Å²) in [6, 6.07) is 3.26. The molecule has 0 aliphatic heterocycles. The van der Waals surface area contributed by atoms with E-state index in [1.807, 2.05) is 0 Å². The van der Waals surface area contributed by atoms with Crippen LogP contribution in [0, 0.1) is 0 Å². The number of carboxylic acids is 1. The summed E-state index contributed by atoms with van der Waals surface area (Å²) in [5, 5.41) is 11.1. The smallest absolute Gasteiger partial charge is 0.203 e. The average molecular weight is 253 g/mol. The minimum absolute atomic E-state index is 0.432. The zero-order chi connectivity index (χ0) is 13.7. The first-order chi connectivity index (χ1) is 8.58. The second-order valence-corrected chi connectivity index (χ2v) is 3.74. The fourth-order valence-corrected chi connectivity index (χ4v) is 1.84. The van der Waals surface area contributed by atoms with Crippen LogP contribution in [0.15, 0.2) is 12.1 Å². The summed E-state index contributed by atoms with van der Waals surface area (Å²) in [5.74, 6) is -0.500. The number of carbonyl (C=O) groups is 1. The molecule has 0 saturated heterocycles. The molecule has 0 radical (unpaired) electrons. The van der Waals surface area contributed by atoms with Gasteiger partial charge in [0, 0.05) is 11.9 Å². The van der Waals surface area contributed by atoms with Gasteiger partial charge < -0.3 is 24.1 Å². The molecular weight excluding hydrogens is 236 g/mol. The Kier molecular flexibility index (Phi) is 4.83. The van der Waals surface area contributed by atoms with Crippen molar-refractivity contribution in [3.05, 3.63) is 17.7 Å². The summed E-state index contributed by atoms with van der Waals surface area (Å²) < 4.78 is 15.5. The molecule has 1 rings (SSSR count). The molecule has 100 valence electrons. The fraction of sp³-hybridized carbons (Fsp3) is 0.462. The molecule has 0 bridgehead atoms. The Balaban J connectivity index is 3.34. The van der Waals surface area contributed by atoms with Gasteiger partial charge in [-0.15, -0.1) is 0 Å². The zero-order valence-electron chi connectivity index (χ0n) is 11.0. The summed E-state index contributed by atoms with van der Waals surface area (Å²) in [6.07, 6.45) is 0.432. The van der Waals surface area contributed by atoms with Gasteiger partial charge in [-0.2, -0.15) is 0 Å². The number of ether oxygens (including phenoxy) is 3. The number of methoxy groups -OCH3 is 3. The van der Waals surface area contributed by atoms with Crippen LogP contribution in [0.2, 0.25) is 0 Å². The molecule has 1 aromatic rings. The number of hydrogen-bond acceptors (Lipinski definition) is 5. The number of carboxylic acid groups (broad SMARTS) is 1. The van der Waals surface area contributed by atoms with Crippen molar-refractivity contribution in [1.29, 1.82) is 0 Å². The van der Waals surface area contributed by atoms with E-state index < -0.39 is 11.9 Å². The minimum atomic E-state index is -1.12. The van der Waals surface area contributed by atoms with Crippen LogP contribution in [0.25, 0.3) is 0 Å². The van der Waals surface area contributed by atoms with Crippen molar-refractivity contribution >= 4 is 5.97 Å². The molecule has 0 heterocycles. The first kappa shape index (κ1) is 14.2. The van der Waals surface area contributed by atoms with Gasteiger partial charge in [0.2, 0.25) is 5.75 Å². The van der Waals surface area contributed by atoms with E-state index in [9.17, 15) is 9.90 Å². The fourth-order valence-electron chi connectivity index (χ4n) is 1.84. The molecule has 1 aromatic carbocycles. The molecule has 0 saturated carbocycles. The third-order valence-electron chi connectivity index (χ3n) is 2.78. The van der Waals surface area contributed by atoms with Crippen LogP contribution in [0.4, 0.5) is 0 Å². The lowest BCUT2D eigenvalue weighted by molar-refractivity contribution is -0.308. The number of rotatable bonds is 6. The third kappa shape index (κ3) is 2.67. The maximum absolute atomic E-state index is 11.1. The summed E-state index contributed by atoms with van der Waals surface area (Å²) in [6.45, 7) is 1.78. The van der Waals surface area contributed by atoms with Crippen LogP contribution < -0.4 is 19.3 Å². The Morgan fingerprint density at radius 3 is 1.94 bits per heavy atom.